The third kappa shape index (κ3) is 5.56. The van der Waals surface area contributed by atoms with E-state index in [2.05, 4.69) is 32.8 Å². The molecule has 150 valence electrons. The van der Waals surface area contributed by atoms with E-state index in [4.69, 9.17) is 0 Å². The van der Waals surface area contributed by atoms with E-state index >= 15 is 0 Å². The molecule has 3 rings (SSSR count). The standard InChI is InChI=1S/C19H24FN5O2S/c1-25(15-5-3-2-4-6-15)12-11-21-16(26)18-23-24-19(28-18)17(27)22-14-9-7-13(20)8-10-14/h7-10,15H,2-6,11-12H2,1H3,(H,21,26)(H,22,27). The first kappa shape index (κ1) is 20.3. The maximum atomic E-state index is 12.9. The van der Waals surface area contributed by atoms with Crippen LogP contribution in [0.15, 0.2) is 24.3 Å². The van der Waals surface area contributed by atoms with E-state index in [1.807, 2.05) is 0 Å². The van der Waals surface area contributed by atoms with E-state index in [0.29, 0.717) is 18.3 Å². The number of amides is 2. The molecule has 1 fully saturated rings. The molecule has 1 aromatic heterocycles. The molecule has 2 amide bonds. The zero-order valence-corrected chi connectivity index (χ0v) is 16.6. The lowest BCUT2D eigenvalue weighted by Crippen LogP contribution is -2.39. The number of aromatic nitrogens is 2. The van der Waals surface area contributed by atoms with Gasteiger partial charge in [0.25, 0.3) is 11.8 Å². The van der Waals surface area contributed by atoms with Gasteiger partial charge in [-0.1, -0.05) is 30.6 Å². The second-order valence-electron chi connectivity index (χ2n) is 6.90. The first-order valence-corrected chi connectivity index (χ1v) is 10.2. The summed E-state index contributed by atoms with van der Waals surface area (Å²) in [6.45, 7) is 1.29. The largest absolute Gasteiger partial charge is 0.349 e. The number of nitrogens with zero attached hydrogens (tertiary/aromatic N) is 3. The van der Waals surface area contributed by atoms with Crippen LogP contribution in [0, 0.1) is 5.82 Å². The number of hydrogen-bond acceptors (Lipinski definition) is 6. The van der Waals surface area contributed by atoms with Gasteiger partial charge in [0, 0.05) is 24.8 Å². The summed E-state index contributed by atoms with van der Waals surface area (Å²) in [4.78, 5) is 26.7. The number of carbonyl (C=O) groups is 2. The fourth-order valence-electron chi connectivity index (χ4n) is 3.25. The third-order valence-electron chi connectivity index (χ3n) is 4.86. The second-order valence-corrected chi connectivity index (χ2v) is 7.88. The van der Waals surface area contributed by atoms with E-state index in [1.54, 1.807) is 0 Å². The summed E-state index contributed by atoms with van der Waals surface area (Å²) >= 11 is 0.924. The lowest BCUT2D eigenvalue weighted by atomic mass is 9.94. The Hall–Kier alpha value is -2.39. The highest BCUT2D eigenvalue weighted by Gasteiger charge is 2.19. The molecule has 0 radical (unpaired) electrons. The summed E-state index contributed by atoms with van der Waals surface area (Å²) in [6.07, 6.45) is 6.29. The topological polar surface area (TPSA) is 87.2 Å². The highest BCUT2D eigenvalue weighted by molar-refractivity contribution is 7.15. The summed E-state index contributed by atoms with van der Waals surface area (Å²) < 4.78 is 12.9. The quantitative estimate of drug-likeness (QED) is 0.740. The molecule has 1 aromatic carbocycles. The van der Waals surface area contributed by atoms with Gasteiger partial charge in [0.05, 0.1) is 0 Å². The number of anilines is 1. The lowest BCUT2D eigenvalue weighted by Gasteiger charge is -2.31. The third-order valence-corrected chi connectivity index (χ3v) is 5.78. The van der Waals surface area contributed by atoms with Gasteiger partial charge in [0.1, 0.15) is 5.82 Å². The van der Waals surface area contributed by atoms with Gasteiger partial charge in [0.15, 0.2) is 0 Å². The Morgan fingerprint density at radius 3 is 2.43 bits per heavy atom. The molecule has 1 heterocycles. The average molecular weight is 405 g/mol. The van der Waals surface area contributed by atoms with Gasteiger partial charge in [-0.3, -0.25) is 9.59 Å². The van der Waals surface area contributed by atoms with Crippen LogP contribution in [0.1, 0.15) is 51.7 Å². The summed E-state index contributed by atoms with van der Waals surface area (Å²) in [5, 5.41) is 13.2. The predicted octanol–water partition coefficient (Wildman–Crippen LogP) is 2.92. The zero-order chi connectivity index (χ0) is 19.9. The molecule has 0 saturated heterocycles. The number of benzene rings is 1. The van der Waals surface area contributed by atoms with Crippen molar-refractivity contribution >= 4 is 28.8 Å². The summed E-state index contributed by atoms with van der Waals surface area (Å²) in [5.41, 5.74) is 0.443. The molecule has 0 aliphatic heterocycles. The van der Waals surface area contributed by atoms with Crippen LogP contribution in [-0.2, 0) is 0 Å². The van der Waals surface area contributed by atoms with E-state index in [-0.39, 0.29) is 21.7 Å². The molecule has 0 unspecified atom stereocenters. The maximum Gasteiger partial charge on any atom is 0.286 e. The number of halogens is 1. The van der Waals surface area contributed by atoms with Crippen LogP contribution in [0.25, 0.3) is 0 Å². The highest BCUT2D eigenvalue weighted by Crippen LogP contribution is 2.21. The summed E-state index contributed by atoms with van der Waals surface area (Å²) in [5.74, 6) is -1.21. The lowest BCUT2D eigenvalue weighted by molar-refractivity contribution is 0.0942. The van der Waals surface area contributed by atoms with Crippen molar-refractivity contribution in [3.05, 3.63) is 40.1 Å². The summed E-state index contributed by atoms with van der Waals surface area (Å²) in [6, 6.07) is 5.99. The van der Waals surface area contributed by atoms with Gasteiger partial charge in [-0.05, 0) is 44.2 Å². The Labute approximate surface area is 167 Å². The molecule has 0 atom stereocenters. The van der Waals surface area contributed by atoms with Gasteiger partial charge < -0.3 is 15.5 Å². The van der Waals surface area contributed by atoms with Crippen molar-refractivity contribution < 1.29 is 14.0 Å². The SMILES string of the molecule is CN(CCNC(=O)c1nnc(C(=O)Nc2ccc(F)cc2)s1)C1CCCCC1. The Bertz CT molecular complexity index is 805. The minimum absolute atomic E-state index is 0.0776. The molecule has 1 aliphatic carbocycles. The number of hydrogen-bond donors (Lipinski definition) is 2. The first-order valence-electron chi connectivity index (χ1n) is 9.42. The van der Waals surface area contributed by atoms with Crippen molar-refractivity contribution in [2.24, 2.45) is 0 Å². The maximum absolute atomic E-state index is 12.9. The van der Waals surface area contributed by atoms with Crippen LogP contribution in [0.5, 0.6) is 0 Å². The number of nitrogens with one attached hydrogen (secondary N) is 2. The van der Waals surface area contributed by atoms with E-state index in [1.165, 1.54) is 56.4 Å². The van der Waals surface area contributed by atoms with Crippen molar-refractivity contribution in [3.63, 3.8) is 0 Å². The van der Waals surface area contributed by atoms with E-state index in [0.717, 1.165) is 17.9 Å². The predicted molar refractivity (Wildman–Crippen MR) is 106 cm³/mol. The van der Waals surface area contributed by atoms with Crippen LogP contribution in [-0.4, -0.2) is 53.1 Å². The molecular formula is C19H24FN5O2S. The zero-order valence-electron chi connectivity index (χ0n) is 15.8. The van der Waals surface area contributed by atoms with Gasteiger partial charge in [0.2, 0.25) is 10.0 Å². The smallest absolute Gasteiger partial charge is 0.286 e. The molecule has 2 N–H and O–H groups in total. The minimum atomic E-state index is -0.486. The van der Waals surface area contributed by atoms with Gasteiger partial charge >= 0.3 is 0 Å². The second kappa shape index (κ2) is 9.70. The first-order chi connectivity index (χ1) is 13.5. The van der Waals surface area contributed by atoms with Gasteiger partial charge in [-0.2, -0.15) is 0 Å². The van der Waals surface area contributed by atoms with Gasteiger partial charge in [-0.25, -0.2) is 4.39 Å². The number of rotatable bonds is 7. The monoisotopic (exact) mass is 405 g/mol. The molecule has 9 heteroatoms. The van der Waals surface area contributed by atoms with Crippen LogP contribution < -0.4 is 10.6 Å². The highest BCUT2D eigenvalue weighted by atomic mass is 32.1. The average Bonchev–Trinajstić information content (AvgIpc) is 3.21. The van der Waals surface area contributed by atoms with Gasteiger partial charge in [-0.15, -0.1) is 10.2 Å². The van der Waals surface area contributed by atoms with E-state index in [9.17, 15) is 14.0 Å². The molecular weight excluding hydrogens is 381 g/mol. The molecule has 7 nitrogen and oxygen atoms in total. The Kier molecular flexibility index (Phi) is 7.05. The Balaban J connectivity index is 1.46. The minimum Gasteiger partial charge on any atom is -0.349 e. The van der Waals surface area contributed by atoms with Crippen molar-refractivity contribution in [2.75, 3.05) is 25.5 Å². The van der Waals surface area contributed by atoms with Crippen LogP contribution in [0.4, 0.5) is 10.1 Å². The van der Waals surface area contributed by atoms with Crippen molar-refractivity contribution in [2.45, 2.75) is 38.1 Å². The van der Waals surface area contributed by atoms with Crippen molar-refractivity contribution in [1.82, 2.24) is 20.4 Å². The molecule has 2 aromatic rings. The molecule has 28 heavy (non-hydrogen) atoms. The molecule has 1 aliphatic rings. The molecule has 0 bridgehead atoms. The fourth-order valence-corrected chi connectivity index (χ4v) is 3.91. The number of likely N-dealkylation sites (N-methyl/N-ethyl adjacent to an activating group) is 1. The van der Waals surface area contributed by atoms with Crippen molar-refractivity contribution in [3.8, 4) is 0 Å². The Morgan fingerprint density at radius 1 is 1.11 bits per heavy atom. The summed E-state index contributed by atoms with van der Waals surface area (Å²) in [7, 11) is 2.09. The Morgan fingerprint density at radius 2 is 1.75 bits per heavy atom. The van der Waals surface area contributed by atoms with Crippen LogP contribution >= 0.6 is 11.3 Å². The van der Waals surface area contributed by atoms with E-state index < -0.39 is 5.91 Å². The fraction of sp³-hybridized carbons (Fsp3) is 0.474. The normalized spacial score (nSPS) is 14.8. The van der Waals surface area contributed by atoms with Crippen molar-refractivity contribution in [1.29, 1.82) is 0 Å². The molecule has 1 saturated carbocycles. The molecule has 0 spiro atoms. The number of carbonyl (C=O) groups excluding carboxylic acids is 2. The van der Waals surface area contributed by atoms with Crippen LogP contribution in [0.2, 0.25) is 0 Å². The van der Waals surface area contributed by atoms with Crippen LogP contribution in [0.3, 0.4) is 0 Å².